The number of nitrogens with zero attached hydrogens (tertiary/aromatic N) is 8. The lowest BCUT2D eigenvalue weighted by Crippen LogP contribution is -2.54. The number of hydrogen-bond donors (Lipinski definition) is 0. The fourth-order valence-corrected chi connectivity index (χ4v) is 19.2. The number of benzene rings is 16. The third-order valence-electron chi connectivity index (χ3n) is 23.6. The molecule has 8 aliphatic heterocycles. The summed E-state index contributed by atoms with van der Waals surface area (Å²) in [6.07, 6.45) is 0. The first-order chi connectivity index (χ1) is 55.5. The van der Waals surface area contributed by atoms with Gasteiger partial charge in [-0.1, -0.05) is 258 Å². The molecule has 8 nitrogen and oxygen atoms in total. The van der Waals surface area contributed by atoms with E-state index in [0.29, 0.717) is 22.3 Å². The molecule has 0 N–H and O–H groups in total. The van der Waals surface area contributed by atoms with Crippen molar-refractivity contribution in [2.45, 2.75) is 0 Å². The second kappa shape index (κ2) is 26.4. The summed E-state index contributed by atoms with van der Waals surface area (Å²) < 4.78 is 0. The van der Waals surface area contributed by atoms with Crippen molar-refractivity contribution in [2.24, 2.45) is 0 Å². The van der Waals surface area contributed by atoms with Gasteiger partial charge in [-0.2, -0.15) is 21.0 Å². The molecule has 0 aliphatic carbocycles. The molecule has 0 saturated carbocycles. The molecule has 112 heavy (non-hydrogen) atoms. The summed E-state index contributed by atoms with van der Waals surface area (Å²) in [5.41, 5.74) is 42.7. The molecular weight excluding hydrogens is 1360 g/mol. The molecule has 0 bridgehead atoms. The van der Waals surface area contributed by atoms with E-state index in [4.69, 9.17) is 0 Å². The maximum absolute atomic E-state index is 9.90. The predicted molar refractivity (Wildman–Crippen MR) is 464 cm³/mol. The zero-order valence-electron chi connectivity index (χ0n) is 60.5. The van der Waals surface area contributed by atoms with Gasteiger partial charge in [-0.3, -0.25) is 0 Å². The number of para-hydroxylation sites is 5. The Morgan fingerprint density at radius 3 is 0.946 bits per heavy atom. The van der Waals surface area contributed by atoms with Crippen LogP contribution in [0, 0.1) is 45.3 Å². The molecule has 0 unspecified atom stereocenters. The van der Waals surface area contributed by atoms with Crippen LogP contribution in [0.5, 0.6) is 0 Å². The summed E-state index contributed by atoms with van der Waals surface area (Å²) >= 11 is 0. The van der Waals surface area contributed by atoms with Crippen LogP contribution in [0.15, 0.2) is 364 Å². The van der Waals surface area contributed by atoms with Gasteiger partial charge in [-0.15, -0.1) is 0 Å². The largest absolute Gasteiger partial charge is 0.311 e. The lowest BCUT2D eigenvalue weighted by Gasteiger charge is -2.36. The lowest BCUT2D eigenvalue weighted by atomic mass is 9.37. The first-order valence-electron chi connectivity index (χ1n) is 37.9. The predicted octanol–water partition coefficient (Wildman–Crippen LogP) is 15.4. The van der Waals surface area contributed by atoms with E-state index in [0.717, 1.165) is 39.8 Å². The Morgan fingerprint density at radius 2 is 0.491 bits per heavy atom. The molecule has 0 radical (unpaired) electrons. The molecule has 0 aromatic heterocycles. The van der Waals surface area contributed by atoms with E-state index in [1.807, 2.05) is 84.9 Å². The fraction of sp³-hybridized carbons (Fsp3) is 0. The van der Waals surface area contributed by atoms with Crippen molar-refractivity contribution in [2.75, 3.05) is 19.6 Å². The van der Waals surface area contributed by atoms with E-state index in [1.54, 1.807) is 0 Å². The van der Waals surface area contributed by atoms with Crippen LogP contribution >= 0.6 is 0 Å². The van der Waals surface area contributed by atoms with Crippen molar-refractivity contribution in [3.05, 3.63) is 386 Å². The average Bonchev–Trinajstić information content (AvgIpc) is 1.53. The SMILES string of the molecule is N#Cc1ccc(N2c3ccccc3B3c4ccccc4-c4cccc2c43)cc1.N#Cc1ccc2c(c1)B1c3ccccc3-c3cccc(c31)N2c1ccccc1.N#Cc1ccc2c(c1)N(c1ccccc1)c1cccc3c1B2c1ccccc1-3.N#Cc1cccc2c1N(c1ccccc1)c1cccc3c1B2c1ccccc1-3. The fourth-order valence-electron chi connectivity index (χ4n) is 19.2. The van der Waals surface area contributed by atoms with Crippen LogP contribution < -0.4 is 85.2 Å². The second-order valence-electron chi connectivity index (χ2n) is 29.2. The minimum atomic E-state index is 0.172. The van der Waals surface area contributed by atoms with Crippen molar-refractivity contribution in [1.29, 1.82) is 21.0 Å². The third kappa shape index (κ3) is 9.97. The van der Waals surface area contributed by atoms with E-state index in [1.165, 1.54) is 138 Å². The molecule has 0 fully saturated rings. The van der Waals surface area contributed by atoms with Gasteiger partial charge >= 0.3 is 0 Å². The molecule has 24 rings (SSSR count). The Kier molecular flexibility index (Phi) is 15.4. The molecule has 16 aromatic carbocycles. The molecule has 16 aromatic rings. The number of fused-ring (bicyclic) bond motifs is 20. The average molecular weight is 1420 g/mol. The molecule has 0 amide bonds. The third-order valence-corrected chi connectivity index (χ3v) is 23.6. The highest BCUT2D eigenvalue weighted by molar-refractivity contribution is 7.03. The van der Waals surface area contributed by atoms with Crippen LogP contribution in [0.2, 0.25) is 0 Å². The molecule has 8 heterocycles. The zero-order chi connectivity index (χ0) is 74.7. The zero-order valence-corrected chi connectivity index (χ0v) is 60.5. The van der Waals surface area contributed by atoms with E-state index in [-0.39, 0.29) is 26.9 Å². The quantitative estimate of drug-likeness (QED) is 0.160. The van der Waals surface area contributed by atoms with E-state index < -0.39 is 0 Å². The second-order valence-corrected chi connectivity index (χ2v) is 29.2. The highest BCUT2D eigenvalue weighted by Gasteiger charge is 2.47. The summed E-state index contributed by atoms with van der Waals surface area (Å²) in [4.78, 5) is 9.22. The van der Waals surface area contributed by atoms with E-state index in [2.05, 4.69) is 323 Å². The van der Waals surface area contributed by atoms with Gasteiger partial charge in [0, 0.05) is 62.6 Å². The van der Waals surface area contributed by atoms with Crippen LogP contribution in [0.25, 0.3) is 44.5 Å². The summed E-state index contributed by atoms with van der Waals surface area (Å²) in [6, 6.07) is 136. The van der Waals surface area contributed by atoms with Gasteiger partial charge in [0.15, 0.2) is 0 Å². The molecule has 0 spiro atoms. The van der Waals surface area contributed by atoms with Crippen LogP contribution in [-0.4, -0.2) is 26.9 Å². The Morgan fingerprint density at radius 1 is 0.188 bits per heavy atom. The van der Waals surface area contributed by atoms with Gasteiger partial charge in [-0.25, -0.2) is 0 Å². The molecule has 12 heteroatoms. The van der Waals surface area contributed by atoms with Gasteiger partial charge in [0.25, 0.3) is 0 Å². The molecular formula is C100H60B4N8. The molecule has 512 valence electrons. The Hall–Kier alpha value is -15.1. The Bertz CT molecular complexity index is 6660. The Labute approximate surface area is 652 Å². The monoisotopic (exact) mass is 1420 g/mol. The topological polar surface area (TPSA) is 108 Å². The van der Waals surface area contributed by atoms with E-state index in [9.17, 15) is 21.0 Å². The minimum Gasteiger partial charge on any atom is -0.311 e. The molecule has 8 aliphatic rings. The minimum absolute atomic E-state index is 0.172. The van der Waals surface area contributed by atoms with Crippen molar-refractivity contribution in [1.82, 2.24) is 0 Å². The first-order valence-corrected chi connectivity index (χ1v) is 37.9. The van der Waals surface area contributed by atoms with Crippen LogP contribution in [-0.2, 0) is 0 Å². The highest BCUT2D eigenvalue weighted by atomic mass is 15.2. The molecule has 0 atom stereocenters. The van der Waals surface area contributed by atoms with Gasteiger partial charge in [-0.05, 0) is 216 Å². The highest BCUT2D eigenvalue weighted by Crippen LogP contribution is 2.46. The van der Waals surface area contributed by atoms with E-state index >= 15 is 0 Å². The standard InChI is InChI=1S/4C25H15BN2/c27-16-17-12-14-18(15-13-17)28-23-10-4-3-9-22(23)26-21-8-2-1-6-19(21)20-7-5-11-24(28)25(20)26;27-16-17-8-6-14-22-25(17)28(18-9-2-1-3-10-18)23-15-7-12-20-19-11-4-5-13-21(19)26(22)24(20)23;27-16-17-13-14-23-22(15-17)26-21-11-5-4-9-19(21)20-10-6-12-24(25(20)26)28(23)18-7-2-1-3-8-18;27-16-17-13-14-22-24(15-17)28(18-7-2-1-3-8-18)23-12-6-10-20-19-9-4-5-11-21(19)26(22)25(20)23/h4*1-15H. The number of anilines is 12. The van der Waals surface area contributed by atoms with Crippen molar-refractivity contribution in [3.8, 4) is 68.8 Å². The number of nitriles is 4. The van der Waals surface area contributed by atoms with Gasteiger partial charge in [0.1, 0.15) is 6.07 Å². The van der Waals surface area contributed by atoms with Crippen LogP contribution in [0.1, 0.15) is 22.3 Å². The summed E-state index contributed by atoms with van der Waals surface area (Å²) in [5.74, 6) is 0. The molecule has 0 saturated heterocycles. The summed E-state index contributed by atoms with van der Waals surface area (Å²) in [6.45, 7) is 0.828. The van der Waals surface area contributed by atoms with Gasteiger partial charge < -0.3 is 19.6 Å². The first kappa shape index (κ1) is 65.2. The maximum Gasteiger partial charge on any atom is 0.248 e. The lowest BCUT2D eigenvalue weighted by molar-refractivity contribution is 1.28. The van der Waals surface area contributed by atoms with Crippen molar-refractivity contribution >= 4 is 161 Å². The van der Waals surface area contributed by atoms with Gasteiger partial charge in [0.05, 0.1) is 46.1 Å². The summed E-state index contributed by atoms with van der Waals surface area (Å²) in [5, 5.41) is 38.1. The maximum atomic E-state index is 9.90. The normalized spacial score (nSPS) is 12.8. The van der Waals surface area contributed by atoms with Crippen molar-refractivity contribution < 1.29 is 0 Å². The summed E-state index contributed by atoms with van der Waals surface area (Å²) in [7, 11) is 0. The smallest absolute Gasteiger partial charge is 0.248 e. The van der Waals surface area contributed by atoms with Crippen molar-refractivity contribution in [3.63, 3.8) is 0 Å². The number of hydrogen-bond acceptors (Lipinski definition) is 8. The number of rotatable bonds is 4. The van der Waals surface area contributed by atoms with Crippen LogP contribution in [0.4, 0.5) is 68.2 Å². The van der Waals surface area contributed by atoms with Gasteiger partial charge in [0.2, 0.25) is 26.9 Å². The van der Waals surface area contributed by atoms with Crippen LogP contribution in [0.3, 0.4) is 0 Å². The Balaban J connectivity index is 0.0000000943.